The highest BCUT2D eigenvalue weighted by atomic mass is 32.2. The van der Waals surface area contributed by atoms with Gasteiger partial charge in [-0.3, -0.25) is 9.59 Å². The normalized spacial score (nSPS) is 12.9. The Morgan fingerprint density at radius 3 is 2.36 bits per heavy atom. The number of carbonyl (C=O) groups excluding carboxylic acids is 1. The quantitative estimate of drug-likeness (QED) is 0.786. The molecule has 0 bridgehead atoms. The van der Waals surface area contributed by atoms with Gasteiger partial charge in [0.15, 0.2) is 9.84 Å². The minimum atomic E-state index is -3.56. The molecule has 0 aliphatic carbocycles. The highest BCUT2D eigenvalue weighted by molar-refractivity contribution is 7.92. The maximum absolute atomic E-state index is 12.2. The van der Waals surface area contributed by atoms with Crippen molar-refractivity contribution in [3.05, 3.63) is 48.0 Å². The largest absolute Gasteiger partial charge is 0.481 e. The monoisotopic (exact) mass is 363 g/mol. The number of amides is 1. The third kappa shape index (κ3) is 4.79. The number of fused-ring (bicyclic) bond motifs is 1. The van der Waals surface area contributed by atoms with E-state index in [9.17, 15) is 23.1 Å². The summed E-state index contributed by atoms with van der Waals surface area (Å²) >= 11 is 0. The zero-order chi connectivity index (χ0) is 18.6. The predicted octanol–water partition coefficient (Wildman–Crippen LogP) is 2.30. The fraction of sp³-hybridized carbons (Fsp3) is 0.333. The zero-order valence-electron chi connectivity index (χ0n) is 14.1. The third-order valence-corrected chi connectivity index (χ3v) is 6.06. The van der Waals surface area contributed by atoms with Crippen LogP contribution in [0.2, 0.25) is 0 Å². The summed E-state index contributed by atoms with van der Waals surface area (Å²) in [7, 11) is -3.56. The fourth-order valence-corrected chi connectivity index (χ4v) is 3.34. The Morgan fingerprint density at radius 2 is 1.72 bits per heavy atom. The number of carboxylic acid groups (broad SMARTS) is 1. The van der Waals surface area contributed by atoms with Crippen LogP contribution < -0.4 is 5.32 Å². The van der Waals surface area contributed by atoms with Crippen LogP contribution in [0.1, 0.15) is 31.9 Å². The number of hydrogen-bond acceptors (Lipinski definition) is 4. The number of aliphatic carboxylic acids is 1. The van der Waals surface area contributed by atoms with Crippen molar-refractivity contribution in [3.8, 4) is 0 Å². The predicted molar refractivity (Wildman–Crippen MR) is 96.0 cm³/mol. The molecule has 0 aromatic heterocycles. The van der Waals surface area contributed by atoms with Gasteiger partial charge >= 0.3 is 5.97 Å². The summed E-state index contributed by atoms with van der Waals surface area (Å²) in [6, 6.07) is 12.0. The van der Waals surface area contributed by atoms with Crippen LogP contribution in [0, 0.1) is 0 Å². The lowest BCUT2D eigenvalue weighted by molar-refractivity contribution is -0.137. The van der Waals surface area contributed by atoms with Crippen molar-refractivity contribution in [2.24, 2.45) is 0 Å². The van der Waals surface area contributed by atoms with Crippen LogP contribution >= 0.6 is 0 Å². The van der Waals surface area contributed by atoms with E-state index in [0.717, 1.165) is 10.8 Å². The molecule has 1 amide bonds. The molecule has 0 fully saturated rings. The van der Waals surface area contributed by atoms with Gasteiger partial charge in [0.05, 0.1) is 17.7 Å². The van der Waals surface area contributed by atoms with Gasteiger partial charge in [-0.25, -0.2) is 8.42 Å². The molecule has 0 aliphatic rings. The topological polar surface area (TPSA) is 101 Å². The standard InChI is InChI=1S/C18H21NO5S/c1-12(2)25(23,24)11-17(20)19-16(10-18(21)22)15-9-5-7-13-6-3-4-8-14(13)15/h3-9,12,16H,10-11H2,1-2H3,(H,19,20)(H,21,22)/t16-/m1/s1. The van der Waals surface area contributed by atoms with Gasteiger partial charge in [0.2, 0.25) is 5.91 Å². The lowest BCUT2D eigenvalue weighted by Gasteiger charge is -2.20. The van der Waals surface area contributed by atoms with Crippen molar-refractivity contribution in [2.45, 2.75) is 31.6 Å². The molecule has 0 saturated carbocycles. The average molecular weight is 363 g/mol. The number of sulfone groups is 1. The van der Waals surface area contributed by atoms with Crippen LogP contribution in [0.5, 0.6) is 0 Å². The Balaban J connectivity index is 2.33. The minimum Gasteiger partial charge on any atom is -0.481 e. The van der Waals surface area contributed by atoms with Gasteiger partial charge < -0.3 is 10.4 Å². The van der Waals surface area contributed by atoms with Crippen molar-refractivity contribution in [3.63, 3.8) is 0 Å². The molecule has 2 aromatic carbocycles. The van der Waals surface area contributed by atoms with E-state index in [1.807, 2.05) is 30.3 Å². The molecule has 0 radical (unpaired) electrons. The Labute approximate surface area is 146 Å². The smallest absolute Gasteiger partial charge is 0.305 e. The van der Waals surface area contributed by atoms with Crippen LogP contribution in [0.4, 0.5) is 0 Å². The molecule has 0 heterocycles. The van der Waals surface area contributed by atoms with E-state index in [4.69, 9.17) is 0 Å². The molecule has 0 saturated heterocycles. The molecule has 2 rings (SSSR count). The van der Waals surface area contributed by atoms with Crippen LogP contribution in [0.25, 0.3) is 10.8 Å². The summed E-state index contributed by atoms with van der Waals surface area (Å²) < 4.78 is 23.8. The van der Waals surface area contributed by atoms with E-state index in [-0.39, 0.29) is 6.42 Å². The number of rotatable bonds is 7. The van der Waals surface area contributed by atoms with Gasteiger partial charge in [0.1, 0.15) is 5.75 Å². The first kappa shape index (κ1) is 18.9. The first-order valence-corrected chi connectivity index (χ1v) is 9.62. The Kier molecular flexibility index (Phi) is 5.79. The maximum Gasteiger partial charge on any atom is 0.305 e. The molecule has 0 spiro atoms. The second-order valence-corrected chi connectivity index (χ2v) is 8.70. The number of hydrogen-bond donors (Lipinski definition) is 2. The van der Waals surface area contributed by atoms with Gasteiger partial charge in [-0.05, 0) is 30.2 Å². The van der Waals surface area contributed by atoms with Gasteiger partial charge in [-0.2, -0.15) is 0 Å². The highest BCUT2D eigenvalue weighted by Crippen LogP contribution is 2.26. The molecule has 1 atom stereocenters. The molecule has 6 nitrogen and oxygen atoms in total. The summed E-state index contributed by atoms with van der Waals surface area (Å²) in [6.07, 6.45) is -0.332. The molecule has 25 heavy (non-hydrogen) atoms. The zero-order valence-corrected chi connectivity index (χ0v) is 14.9. The summed E-state index contributed by atoms with van der Waals surface area (Å²) in [5.41, 5.74) is 0.649. The summed E-state index contributed by atoms with van der Waals surface area (Å²) in [6.45, 7) is 3.00. The second-order valence-electron chi connectivity index (χ2n) is 6.14. The molecule has 134 valence electrons. The van der Waals surface area contributed by atoms with Crippen molar-refractivity contribution in [2.75, 3.05) is 5.75 Å². The lowest BCUT2D eigenvalue weighted by Crippen LogP contribution is -2.36. The van der Waals surface area contributed by atoms with Crippen LogP contribution in [0.15, 0.2) is 42.5 Å². The number of benzene rings is 2. The Bertz CT molecular complexity index is 884. The van der Waals surface area contributed by atoms with Gasteiger partial charge in [0, 0.05) is 0 Å². The summed E-state index contributed by atoms with van der Waals surface area (Å²) in [5, 5.41) is 12.8. The Hall–Kier alpha value is -2.41. The van der Waals surface area contributed by atoms with E-state index in [1.165, 1.54) is 13.8 Å². The third-order valence-electron chi connectivity index (χ3n) is 3.96. The number of carbonyl (C=O) groups is 2. The number of nitrogens with one attached hydrogen (secondary N) is 1. The SMILES string of the molecule is CC(C)S(=O)(=O)CC(=O)N[C@H](CC(=O)O)c1cccc2ccccc12. The van der Waals surface area contributed by atoms with Crippen molar-refractivity contribution in [1.82, 2.24) is 5.32 Å². The van der Waals surface area contributed by atoms with Crippen LogP contribution in [-0.2, 0) is 19.4 Å². The van der Waals surface area contributed by atoms with E-state index < -0.39 is 38.8 Å². The van der Waals surface area contributed by atoms with Crippen molar-refractivity contribution in [1.29, 1.82) is 0 Å². The molecule has 2 aromatic rings. The molecular weight excluding hydrogens is 342 g/mol. The Morgan fingerprint density at radius 1 is 1.08 bits per heavy atom. The molecule has 7 heteroatoms. The molecule has 0 aliphatic heterocycles. The lowest BCUT2D eigenvalue weighted by atomic mass is 9.96. The second kappa shape index (κ2) is 7.65. The van der Waals surface area contributed by atoms with Gasteiger partial charge in [-0.15, -0.1) is 0 Å². The fourth-order valence-electron chi connectivity index (χ4n) is 2.55. The minimum absolute atomic E-state index is 0.332. The maximum atomic E-state index is 12.2. The molecular formula is C18H21NO5S. The van der Waals surface area contributed by atoms with Crippen molar-refractivity contribution < 1.29 is 23.1 Å². The number of carboxylic acids is 1. The van der Waals surface area contributed by atoms with E-state index in [0.29, 0.717) is 5.56 Å². The first-order valence-electron chi connectivity index (χ1n) is 7.91. The van der Waals surface area contributed by atoms with Crippen LogP contribution in [0.3, 0.4) is 0 Å². The van der Waals surface area contributed by atoms with E-state index in [1.54, 1.807) is 12.1 Å². The summed E-state index contributed by atoms with van der Waals surface area (Å²) in [4.78, 5) is 23.4. The summed E-state index contributed by atoms with van der Waals surface area (Å²) in [5.74, 6) is -2.44. The highest BCUT2D eigenvalue weighted by Gasteiger charge is 2.25. The van der Waals surface area contributed by atoms with Gasteiger partial charge in [0.25, 0.3) is 0 Å². The molecule has 2 N–H and O–H groups in total. The van der Waals surface area contributed by atoms with E-state index in [2.05, 4.69) is 5.32 Å². The first-order chi connectivity index (χ1) is 11.7. The van der Waals surface area contributed by atoms with Crippen molar-refractivity contribution >= 4 is 32.5 Å². The van der Waals surface area contributed by atoms with E-state index >= 15 is 0 Å². The molecule has 0 unspecified atom stereocenters. The van der Waals surface area contributed by atoms with Gasteiger partial charge in [-0.1, -0.05) is 42.5 Å². The van der Waals surface area contributed by atoms with Crippen LogP contribution in [-0.4, -0.2) is 36.4 Å². The average Bonchev–Trinajstić information content (AvgIpc) is 2.52.